The van der Waals surface area contributed by atoms with Crippen LogP contribution in [0.1, 0.15) is 12.6 Å². The van der Waals surface area contributed by atoms with Gasteiger partial charge in [-0.05, 0) is 32.0 Å². The van der Waals surface area contributed by atoms with Crippen molar-refractivity contribution < 1.29 is 9.53 Å². The van der Waals surface area contributed by atoms with Crippen LogP contribution >= 0.6 is 0 Å². The Labute approximate surface area is 135 Å². The molecule has 1 saturated heterocycles. The average molecular weight is 312 g/mol. The number of carbonyl (C=O) groups is 1. The Bertz CT molecular complexity index is 704. The van der Waals surface area contributed by atoms with Crippen LogP contribution in [0.4, 0.5) is 5.69 Å². The van der Waals surface area contributed by atoms with Crippen LogP contribution in [0.15, 0.2) is 36.5 Å². The zero-order valence-corrected chi connectivity index (χ0v) is 13.2. The second kappa shape index (κ2) is 6.85. The molecule has 6 heteroatoms. The van der Waals surface area contributed by atoms with Gasteiger partial charge >= 0.3 is 0 Å². The number of hydrogen-bond donors (Lipinski definition) is 2. The number of hydrogen-bond acceptors (Lipinski definition) is 5. The molecule has 1 aromatic carbocycles. The van der Waals surface area contributed by atoms with Crippen LogP contribution in [0.25, 0.3) is 11.4 Å². The topological polar surface area (TPSA) is 76.1 Å². The number of amides is 1. The van der Waals surface area contributed by atoms with E-state index < -0.39 is 0 Å². The zero-order valence-electron chi connectivity index (χ0n) is 13.2. The minimum Gasteiger partial charge on any atom is -0.375 e. The summed E-state index contributed by atoms with van der Waals surface area (Å²) in [4.78, 5) is 21.1. The lowest BCUT2D eigenvalue weighted by Crippen LogP contribution is -2.53. The lowest BCUT2D eigenvalue weighted by atomic mass is 10.1. The highest BCUT2D eigenvalue weighted by Gasteiger charge is 2.28. The van der Waals surface area contributed by atoms with E-state index in [1.165, 1.54) is 0 Å². The van der Waals surface area contributed by atoms with Gasteiger partial charge in [0.1, 0.15) is 6.04 Å². The molecule has 3 rings (SSSR count). The van der Waals surface area contributed by atoms with Gasteiger partial charge in [0, 0.05) is 29.7 Å². The van der Waals surface area contributed by atoms with Gasteiger partial charge in [-0.1, -0.05) is 12.1 Å². The number of ether oxygens (including phenoxy) is 1. The Morgan fingerprint density at radius 3 is 3.04 bits per heavy atom. The highest BCUT2D eigenvalue weighted by molar-refractivity contribution is 5.95. The Morgan fingerprint density at radius 2 is 2.26 bits per heavy atom. The Balaban J connectivity index is 1.76. The fraction of sp³-hybridized carbons (Fsp3) is 0.353. The van der Waals surface area contributed by atoms with Gasteiger partial charge in [0.25, 0.3) is 0 Å². The van der Waals surface area contributed by atoms with Crippen LogP contribution in [0.3, 0.4) is 0 Å². The number of carbonyl (C=O) groups excluding carboxylic acids is 1. The molecule has 0 unspecified atom stereocenters. The molecule has 1 aliphatic rings. The first-order valence-corrected chi connectivity index (χ1v) is 7.69. The van der Waals surface area contributed by atoms with Crippen molar-refractivity contribution in [2.24, 2.45) is 0 Å². The second-order valence-corrected chi connectivity index (χ2v) is 5.60. The van der Waals surface area contributed by atoms with E-state index in [0.717, 1.165) is 16.9 Å². The number of aryl methyl sites for hydroxylation is 1. The molecule has 2 atom stereocenters. The first-order valence-electron chi connectivity index (χ1n) is 7.69. The Kier molecular flexibility index (Phi) is 4.64. The van der Waals surface area contributed by atoms with Crippen LogP contribution in [-0.4, -0.2) is 41.2 Å². The first kappa shape index (κ1) is 15.6. The summed E-state index contributed by atoms with van der Waals surface area (Å²) in [5.74, 6) is 0.549. The summed E-state index contributed by atoms with van der Waals surface area (Å²) in [5, 5.41) is 6.11. The van der Waals surface area contributed by atoms with Crippen LogP contribution in [0.2, 0.25) is 0 Å². The molecule has 0 saturated carbocycles. The summed E-state index contributed by atoms with van der Waals surface area (Å²) < 4.78 is 5.51. The van der Waals surface area contributed by atoms with Crippen molar-refractivity contribution in [2.45, 2.75) is 26.0 Å². The predicted octanol–water partition coefficient (Wildman–Crippen LogP) is 1.77. The summed E-state index contributed by atoms with van der Waals surface area (Å²) in [6.45, 7) is 5.13. The van der Waals surface area contributed by atoms with Crippen molar-refractivity contribution in [1.29, 1.82) is 0 Å². The normalized spacial score (nSPS) is 21.0. The van der Waals surface area contributed by atoms with Crippen molar-refractivity contribution in [3.63, 3.8) is 0 Å². The summed E-state index contributed by atoms with van der Waals surface area (Å²) in [6, 6.07) is 9.04. The molecule has 1 amide bonds. The SMILES string of the molecule is Cc1ccnc(-c2cccc(NC(=O)[C@H]3NCCO[C@@H]3C)c2)n1. The molecule has 0 spiro atoms. The zero-order chi connectivity index (χ0) is 16.2. The molecule has 1 aliphatic heterocycles. The number of anilines is 1. The number of aromatic nitrogens is 2. The second-order valence-electron chi connectivity index (χ2n) is 5.60. The van der Waals surface area contributed by atoms with Gasteiger partial charge in [-0.25, -0.2) is 9.97 Å². The molecule has 2 heterocycles. The molecular weight excluding hydrogens is 292 g/mol. The van der Waals surface area contributed by atoms with Gasteiger partial charge in [-0.2, -0.15) is 0 Å². The summed E-state index contributed by atoms with van der Waals surface area (Å²) >= 11 is 0. The van der Waals surface area contributed by atoms with Crippen LogP contribution in [0.5, 0.6) is 0 Å². The van der Waals surface area contributed by atoms with Gasteiger partial charge in [-0.3, -0.25) is 4.79 Å². The highest BCUT2D eigenvalue weighted by Crippen LogP contribution is 2.20. The van der Waals surface area contributed by atoms with Gasteiger partial charge in [-0.15, -0.1) is 0 Å². The fourth-order valence-electron chi connectivity index (χ4n) is 2.57. The van der Waals surface area contributed by atoms with Crippen LogP contribution < -0.4 is 10.6 Å². The van der Waals surface area contributed by atoms with Crippen molar-refractivity contribution in [2.75, 3.05) is 18.5 Å². The monoisotopic (exact) mass is 312 g/mol. The van der Waals surface area contributed by atoms with E-state index in [4.69, 9.17) is 4.74 Å². The molecule has 0 bridgehead atoms. The Morgan fingerprint density at radius 1 is 1.39 bits per heavy atom. The Hall–Kier alpha value is -2.31. The molecule has 2 N–H and O–H groups in total. The fourth-order valence-corrected chi connectivity index (χ4v) is 2.57. The van der Waals surface area contributed by atoms with Crippen molar-refractivity contribution in [1.82, 2.24) is 15.3 Å². The van der Waals surface area contributed by atoms with E-state index in [2.05, 4.69) is 20.6 Å². The van der Waals surface area contributed by atoms with Gasteiger partial charge in [0.15, 0.2) is 5.82 Å². The maximum atomic E-state index is 12.4. The first-order chi connectivity index (χ1) is 11.1. The number of benzene rings is 1. The standard InChI is InChI=1S/C17H20N4O2/c1-11-6-7-19-16(20-11)13-4-3-5-14(10-13)21-17(22)15-12(2)23-9-8-18-15/h3-7,10,12,15,18H,8-9H2,1-2H3,(H,21,22)/t12-,15+/m1/s1. The summed E-state index contributed by atoms with van der Waals surface area (Å²) in [5.41, 5.74) is 2.49. The number of nitrogens with zero attached hydrogens (tertiary/aromatic N) is 2. The maximum Gasteiger partial charge on any atom is 0.244 e. The molecule has 2 aromatic rings. The lowest BCUT2D eigenvalue weighted by Gasteiger charge is -2.29. The predicted molar refractivity (Wildman–Crippen MR) is 88.0 cm³/mol. The number of rotatable bonds is 3. The lowest BCUT2D eigenvalue weighted by molar-refractivity contribution is -0.123. The molecule has 0 radical (unpaired) electrons. The van der Waals surface area contributed by atoms with Gasteiger partial charge < -0.3 is 15.4 Å². The number of morpholine rings is 1. The molecular formula is C17H20N4O2. The summed E-state index contributed by atoms with van der Waals surface area (Å²) in [6.07, 6.45) is 1.58. The van der Waals surface area contributed by atoms with E-state index >= 15 is 0 Å². The van der Waals surface area contributed by atoms with E-state index in [-0.39, 0.29) is 18.1 Å². The van der Waals surface area contributed by atoms with Crippen LogP contribution in [-0.2, 0) is 9.53 Å². The molecule has 0 aliphatic carbocycles. The molecule has 1 aromatic heterocycles. The van der Waals surface area contributed by atoms with Gasteiger partial charge in [0.05, 0.1) is 12.7 Å². The minimum atomic E-state index is -0.345. The van der Waals surface area contributed by atoms with E-state index in [1.807, 2.05) is 44.2 Å². The van der Waals surface area contributed by atoms with E-state index in [0.29, 0.717) is 19.0 Å². The van der Waals surface area contributed by atoms with E-state index in [1.54, 1.807) is 6.20 Å². The summed E-state index contributed by atoms with van der Waals surface area (Å²) in [7, 11) is 0. The largest absolute Gasteiger partial charge is 0.375 e. The third-order valence-corrected chi connectivity index (χ3v) is 3.78. The van der Waals surface area contributed by atoms with Crippen molar-refractivity contribution in [3.05, 3.63) is 42.2 Å². The van der Waals surface area contributed by atoms with Crippen LogP contribution in [0, 0.1) is 6.92 Å². The van der Waals surface area contributed by atoms with E-state index in [9.17, 15) is 4.79 Å². The maximum absolute atomic E-state index is 12.4. The highest BCUT2D eigenvalue weighted by atomic mass is 16.5. The van der Waals surface area contributed by atoms with Crippen molar-refractivity contribution in [3.8, 4) is 11.4 Å². The third-order valence-electron chi connectivity index (χ3n) is 3.78. The van der Waals surface area contributed by atoms with Gasteiger partial charge in [0.2, 0.25) is 5.91 Å². The molecule has 1 fully saturated rings. The quantitative estimate of drug-likeness (QED) is 0.903. The molecule has 120 valence electrons. The van der Waals surface area contributed by atoms with Crippen molar-refractivity contribution >= 4 is 11.6 Å². The molecule has 23 heavy (non-hydrogen) atoms. The number of nitrogens with one attached hydrogen (secondary N) is 2. The smallest absolute Gasteiger partial charge is 0.244 e. The average Bonchev–Trinajstić information content (AvgIpc) is 2.55. The third kappa shape index (κ3) is 3.72. The molecule has 6 nitrogen and oxygen atoms in total. The minimum absolute atomic E-state index is 0.0977.